The normalized spacial score (nSPS) is 11.4. The van der Waals surface area contributed by atoms with Crippen LogP contribution in [0.1, 0.15) is 15.9 Å². The van der Waals surface area contributed by atoms with Gasteiger partial charge in [-0.3, -0.25) is 9.52 Å². The minimum absolute atomic E-state index is 0.0401. The van der Waals surface area contributed by atoms with Crippen LogP contribution in [-0.2, 0) is 10.0 Å². The summed E-state index contributed by atoms with van der Waals surface area (Å²) in [6, 6.07) is 19.6. The Hall–Kier alpha value is -2.81. The summed E-state index contributed by atoms with van der Waals surface area (Å²) in [4.78, 5) is 13.4. The second-order valence-corrected chi connectivity index (χ2v) is 9.11. The first-order valence-electron chi connectivity index (χ1n) is 8.73. The Balaban J connectivity index is 1.69. The van der Waals surface area contributed by atoms with Gasteiger partial charge < -0.3 is 0 Å². The van der Waals surface area contributed by atoms with Crippen LogP contribution in [0.2, 0.25) is 5.02 Å². The molecule has 0 heterocycles. The number of benzene rings is 3. The van der Waals surface area contributed by atoms with Crippen LogP contribution >= 0.6 is 23.4 Å². The SMILES string of the molecule is CSc1ccc(C=NNC(=O)c2cccc(S(=O)(=O)Nc3ccc(Cl)cc3)c2)cc1. The van der Waals surface area contributed by atoms with E-state index in [0.29, 0.717) is 10.7 Å². The zero-order chi connectivity index (χ0) is 21.6. The Morgan fingerprint density at radius 1 is 1.03 bits per heavy atom. The molecule has 0 radical (unpaired) electrons. The van der Waals surface area contributed by atoms with Crippen LogP contribution in [0.25, 0.3) is 0 Å². The Morgan fingerprint density at radius 2 is 1.73 bits per heavy atom. The van der Waals surface area contributed by atoms with Gasteiger partial charge in [-0.05, 0) is 66.4 Å². The van der Waals surface area contributed by atoms with Gasteiger partial charge >= 0.3 is 0 Å². The summed E-state index contributed by atoms with van der Waals surface area (Å²) in [5.41, 5.74) is 3.77. The number of nitrogens with zero attached hydrogens (tertiary/aromatic N) is 1. The molecule has 30 heavy (non-hydrogen) atoms. The molecule has 0 aromatic heterocycles. The van der Waals surface area contributed by atoms with E-state index in [-0.39, 0.29) is 10.5 Å². The van der Waals surface area contributed by atoms with Crippen LogP contribution in [0.4, 0.5) is 5.69 Å². The molecule has 1 amide bonds. The number of anilines is 1. The molecule has 0 bridgehead atoms. The van der Waals surface area contributed by atoms with E-state index in [4.69, 9.17) is 11.6 Å². The number of carbonyl (C=O) groups is 1. The third kappa shape index (κ3) is 5.85. The average Bonchev–Trinajstić information content (AvgIpc) is 2.76. The summed E-state index contributed by atoms with van der Waals surface area (Å²) in [5, 5.41) is 4.43. The van der Waals surface area contributed by atoms with E-state index in [1.54, 1.807) is 36.0 Å². The van der Waals surface area contributed by atoms with Gasteiger partial charge in [0.2, 0.25) is 0 Å². The molecular formula is C21H18ClN3O3S2. The van der Waals surface area contributed by atoms with Crippen molar-refractivity contribution in [3.63, 3.8) is 0 Å². The maximum absolute atomic E-state index is 12.6. The van der Waals surface area contributed by atoms with Gasteiger partial charge in [-0.1, -0.05) is 29.8 Å². The molecule has 154 valence electrons. The fourth-order valence-electron chi connectivity index (χ4n) is 2.46. The fourth-order valence-corrected chi connectivity index (χ4v) is 4.09. The molecule has 3 aromatic carbocycles. The van der Waals surface area contributed by atoms with Crippen LogP contribution in [-0.4, -0.2) is 26.8 Å². The van der Waals surface area contributed by atoms with Gasteiger partial charge in [-0.25, -0.2) is 13.8 Å². The molecule has 0 spiro atoms. The van der Waals surface area contributed by atoms with E-state index in [0.717, 1.165) is 10.5 Å². The fraction of sp³-hybridized carbons (Fsp3) is 0.0476. The minimum Gasteiger partial charge on any atom is -0.280 e. The van der Waals surface area contributed by atoms with Crippen LogP contribution in [0.15, 0.2) is 87.7 Å². The summed E-state index contributed by atoms with van der Waals surface area (Å²) in [6.07, 6.45) is 3.51. The first-order valence-corrected chi connectivity index (χ1v) is 11.8. The average molecular weight is 460 g/mol. The van der Waals surface area contributed by atoms with E-state index in [1.165, 1.54) is 30.5 Å². The van der Waals surface area contributed by atoms with Crippen molar-refractivity contribution in [3.05, 3.63) is 88.9 Å². The van der Waals surface area contributed by atoms with Crippen molar-refractivity contribution < 1.29 is 13.2 Å². The van der Waals surface area contributed by atoms with Crippen LogP contribution in [0.3, 0.4) is 0 Å². The molecule has 0 saturated heterocycles. The summed E-state index contributed by atoms with van der Waals surface area (Å²) in [6.45, 7) is 0. The third-order valence-corrected chi connectivity index (χ3v) is 6.37. The standard InChI is InChI=1S/C21H18ClN3O3S2/c1-29-19-11-5-15(6-12-19)14-23-24-21(26)16-3-2-4-20(13-16)30(27,28)25-18-9-7-17(22)8-10-18/h2-14,25H,1H3,(H,24,26). The Morgan fingerprint density at radius 3 is 2.40 bits per heavy atom. The lowest BCUT2D eigenvalue weighted by Gasteiger charge is -2.09. The van der Waals surface area contributed by atoms with Gasteiger partial charge in [-0.2, -0.15) is 5.10 Å². The first-order chi connectivity index (χ1) is 14.4. The lowest BCUT2D eigenvalue weighted by atomic mass is 10.2. The van der Waals surface area contributed by atoms with Crippen molar-refractivity contribution in [3.8, 4) is 0 Å². The van der Waals surface area contributed by atoms with E-state index >= 15 is 0 Å². The van der Waals surface area contributed by atoms with Gasteiger partial charge in [0.05, 0.1) is 11.1 Å². The summed E-state index contributed by atoms with van der Waals surface area (Å²) in [7, 11) is -3.87. The zero-order valence-corrected chi connectivity index (χ0v) is 18.3. The third-order valence-electron chi connectivity index (χ3n) is 4.00. The number of hydrazone groups is 1. The maximum Gasteiger partial charge on any atom is 0.271 e. The summed E-state index contributed by atoms with van der Waals surface area (Å²) >= 11 is 7.45. The minimum atomic E-state index is -3.87. The lowest BCUT2D eigenvalue weighted by molar-refractivity contribution is 0.0955. The molecule has 2 N–H and O–H groups in total. The number of hydrogen-bond donors (Lipinski definition) is 2. The van der Waals surface area contributed by atoms with Gasteiger partial charge in [0.15, 0.2) is 0 Å². The molecule has 0 aliphatic heterocycles. The number of rotatable bonds is 7. The zero-order valence-electron chi connectivity index (χ0n) is 15.9. The Labute approximate surface area is 184 Å². The predicted octanol–water partition coefficient (Wildman–Crippen LogP) is 4.63. The van der Waals surface area contributed by atoms with Gasteiger partial charge in [-0.15, -0.1) is 11.8 Å². The van der Waals surface area contributed by atoms with Gasteiger partial charge in [0.25, 0.3) is 15.9 Å². The smallest absolute Gasteiger partial charge is 0.271 e. The maximum atomic E-state index is 12.6. The molecule has 0 fully saturated rings. The largest absolute Gasteiger partial charge is 0.280 e. The van der Waals surface area contributed by atoms with Gasteiger partial charge in [0.1, 0.15) is 0 Å². The molecule has 6 nitrogen and oxygen atoms in total. The lowest BCUT2D eigenvalue weighted by Crippen LogP contribution is -2.19. The molecular weight excluding hydrogens is 442 g/mol. The van der Waals surface area contributed by atoms with Crippen molar-refractivity contribution in [2.45, 2.75) is 9.79 Å². The molecule has 0 atom stereocenters. The Kier molecular flexibility index (Phi) is 7.15. The van der Waals surface area contributed by atoms with Crippen molar-refractivity contribution in [1.29, 1.82) is 0 Å². The highest BCUT2D eigenvalue weighted by Gasteiger charge is 2.16. The monoisotopic (exact) mass is 459 g/mol. The van der Waals surface area contributed by atoms with E-state index in [9.17, 15) is 13.2 Å². The Bertz CT molecular complexity index is 1160. The number of halogens is 1. The highest BCUT2D eigenvalue weighted by Crippen LogP contribution is 2.19. The molecule has 3 aromatic rings. The highest BCUT2D eigenvalue weighted by molar-refractivity contribution is 7.98. The topological polar surface area (TPSA) is 87.6 Å². The summed E-state index contributed by atoms with van der Waals surface area (Å²) in [5.74, 6) is -0.518. The molecule has 3 rings (SSSR count). The molecule has 9 heteroatoms. The number of thioether (sulfide) groups is 1. The van der Waals surface area contributed by atoms with E-state index in [1.807, 2.05) is 30.5 Å². The van der Waals surface area contributed by atoms with Crippen molar-refractivity contribution in [1.82, 2.24) is 5.43 Å². The quantitative estimate of drug-likeness (QED) is 0.306. The molecule has 0 aliphatic rings. The number of hydrogen-bond acceptors (Lipinski definition) is 5. The van der Waals surface area contributed by atoms with Crippen molar-refractivity contribution >= 4 is 51.2 Å². The highest BCUT2D eigenvalue weighted by atomic mass is 35.5. The van der Waals surface area contributed by atoms with Crippen LogP contribution in [0, 0.1) is 0 Å². The molecule has 0 aliphatic carbocycles. The van der Waals surface area contributed by atoms with E-state index in [2.05, 4.69) is 15.2 Å². The second kappa shape index (κ2) is 9.80. The van der Waals surface area contributed by atoms with Crippen LogP contribution in [0.5, 0.6) is 0 Å². The van der Waals surface area contributed by atoms with Crippen molar-refractivity contribution in [2.75, 3.05) is 11.0 Å². The summed E-state index contributed by atoms with van der Waals surface area (Å²) < 4.78 is 27.7. The first kappa shape index (κ1) is 21.9. The van der Waals surface area contributed by atoms with Crippen LogP contribution < -0.4 is 10.1 Å². The number of carbonyl (C=O) groups excluding carboxylic acids is 1. The number of amides is 1. The molecule has 0 unspecified atom stereocenters. The molecule has 0 saturated carbocycles. The second-order valence-electron chi connectivity index (χ2n) is 6.11. The van der Waals surface area contributed by atoms with Crippen molar-refractivity contribution in [2.24, 2.45) is 5.10 Å². The predicted molar refractivity (Wildman–Crippen MR) is 122 cm³/mol. The number of nitrogens with one attached hydrogen (secondary N) is 2. The van der Waals surface area contributed by atoms with Gasteiger partial charge in [0, 0.05) is 21.2 Å². The number of sulfonamides is 1. The van der Waals surface area contributed by atoms with E-state index < -0.39 is 15.9 Å².